The second-order valence-electron chi connectivity index (χ2n) is 5.62. The number of thiocarbonyl (C=S) groups is 1. The molecule has 1 aromatic heterocycles. The van der Waals surface area contributed by atoms with E-state index in [1.165, 1.54) is 0 Å². The molecule has 0 fully saturated rings. The Morgan fingerprint density at radius 2 is 2.08 bits per heavy atom. The Morgan fingerprint density at radius 3 is 2.81 bits per heavy atom. The van der Waals surface area contributed by atoms with E-state index in [-0.39, 0.29) is 6.61 Å². The maximum atomic E-state index is 12.4. The van der Waals surface area contributed by atoms with E-state index in [2.05, 4.69) is 10.6 Å². The fourth-order valence-corrected chi connectivity index (χ4v) is 3.38. The van der Waals surface area contributed by atoms with Gasteiger partial charge in [0.05, 0.1) is 17.2 Å². The molecular formula is C18H16Cl2N2O3S. The van der Waals surface area contributed by atoms with E-state index in [1.54, 1.807) is 44.2 Å². The average molecular weight is 411 g/mol. The molecule has 0 spiro atoms. The third kappa shape index (κ3) is 3.72. The van der Waals surface area contributed by atoms with E-state index < -0.39 is 12.0 Å². The van der Waals surface area contributed by atoms with Crippen molar-refractivity contribution >= 4 is 46.5 Å². The summed E-state index contributed by atoms with van der Waals surface area (Å²) >= 11 is 17.5. The van der Waals surface area contributed by atoms with Crippen molar-refractivity contribution in [3.05, 3.63) is 57.4 Å². The standard InChI is InChI=1S/C18H16Cl2N2O3S/c1-3-24-17(23)15-9(2)21-18(26)22-16(15)14-7-6-13(25-14)11-8-10(19)4-5-12(11)20/h4-8,16H,3H2,1-2H3,(H2,21,22,26)/t16-/m0/s1. The number of furan rings is 1. The number of benzene rings is 1. The number of esters is 1. The van der Waals surface area contributed by atoms with Crippen LogP contribution in [0.2, 0.25) is 10.0 Å². The van der Waals surface area contributed by atoms with Gasteiger partial charge in [0.1, 0.15) is 17.6 Å². The fourth-order valence-electron chi connectivity index (χ4n) is 2.73. The van der Waals surface area contributed by atoms with Gasteiger partial charge < -0.3 is 19.8 Å². The Balaban J connectivity index is 2.01. The zero-order chi connectivity index (χ0) is 18.8. The third-order valence-electron chi connectivity index (χ3n) is 3.87. The van der Waals surface area contributed by atoms with Gasteiger partial charge in [-0.25, -0.2) is 4.79 Å². The van der Waals surface area contributed by atoms with Gasteiger partial charge in [0.25, 0.3) is 0 Å². The van der Waals surface area contributed by atoms with E-state index in [0.717, 1.165) is 0 Å². The first-order valence-corrected chi connectivity index (χ1v) is 9.07. The Kier molecular flexibility index (Phi) is 5.55. The molecular weight excluding hydrogens is 395 g/mol. The van der Waals surface area contributed by atoms with Crippen molar-refractivity contribution in [3.63, 3.8) is 0 Å². The lowest BCUT2D eigenvalue weighted by Crippen LogP contribution is -2.45. The van der Waals surface area contributed by atoms with E-state index in [9.17, 15) is 4.79 Å². The number of halogens is 2. The molecule has 1 aromatic carbocycles. The molecule has 1 atom stereocenters. The number of carbonyl (C=O) groups excluding carboxylic acids is 1. The summed E-state index contributed by atoms with van der Waals surface area (Å²) < 4.78 is 11.1. The third-order valence-corrected chi connectivity index (χ3v) is 4.65. The molecule has 3 rings (SSSR count). The van der Waals surface area contributed by atoms with Crippen molar-refractivity contribution in [1.29, 1.82) is 0 Å². The summed E-state index contributed by atoms with van der Waals surface area (Å²) in [6.07, 6.45) is 0. The molecule has 0 unspecified atom stereocenters. The summed E-state index contributed by atoms with van der Waals surface area (Å²) in [7, 11) is 0. The summed E-state index contributed by atoms with van der Waals surface area (Å²) in [5, 5.41) is 7.46. The molecule has 136 valence electrons. The van der Waals surface area contributed by atoms with Crippen molar-refractivity contribution in [1.82, 2.24) is 10.6 Å². The smallest absolute Gasteiger partial charge is 0.338 e. The van der Waals surface area contributed by atoms with E-state index in [1.807, 2.05) is 0 Å². The van der Waals surface area contributed by atoms with Crippen LogP contribution in [0.15, 0.2) is 46.0 Å². The first-order valence-electron chi connectivity index (χ1n) is 7.91. The van der Waals surface area contributed by atoms with Crippen LogP contribution in [0.1, 0.15) is 25.6 Å². The Bertz CT molecular complexity index is 908. The SMILES string of the molecule is CCOC(=O)C1=C(C)NC(=S)N[C@H]1c1ccc(-c2cc(Cl)ccc2Cl)o1. The maximum Gasteiger partial charge on any atom is 0.338 e. The van der Waals surface area contributed by atoms with E-state index >= 15 is 0 Å². The molecule has 0 radical (unpaired) electrons. The molecule has 26 heavy (non-hydrogen) atoms. The van der Waals surface area contributed by atoms with Crippen LogP contribution in [0.4, 0.5) is 0 Å². The van der Waals surface area contributed by atoms with Crippen molar-refractivity contribution in [2.45, 2.75) is 19.9 Å². The molecule has 0 bridgehead atoms. The van der Waals surface area contributed by atoms with Crippen molar-refractivity contribution < 1.29 is 13.9 Å². The highest BCUT2D eigenvalue weighted by Crippen LogP contribution is 2.35. The van der Waals surface area contributed by atoms with Gasteiger partial charge in [-0.05, 0) is 56.4 Å². The molecule has 1 aliphatic rings. The first-order chi connectivity index (χ1) is 12.4. The van der Waals surface area contributed by atoms with Crippen LogP contribution in [0, 0.1) is 0 Å². The summed E-state index contributed by atoms with van der Waals surface area (Å²) in [5.74, 6) is 0.623. The highest BCUT2D eigenvalue weighted by Gasteiger charge is 2.33. The number of hydrogen-bond donors (Lipinski definition) is 2. The van der Waals surface area contributed by atoms with Crippen LogP contribution in [0.5, 0.6) is 0 Å². The van der Waals surface area contributed by atoms with Crippen molar-refractivity contribution in [2.24, 2.45) is 0 Å². The summed E-state index contributed by atoms with van der Waals surface area (Å²) in [6, 6.07) is 8.11. The molecule has 0 aliphatic carbocycles. The predicted octanol–water partition coefficient (Wildman–Crippen LogP) is 4.61. The minimum Gasteiger partial charge on any atom is -0.463 e. The Labute approximate surface area is 166 Å². The largest absolute Gasteiger partial charge is 0.463 e. The van der Waals surface area contributed by atoms with Crippen LogP contribution < -0.4 is 10.6 Å². The van der Waals surface area contributed by atoms with Gasteiger partial charge in [-0.1, -0.05) is 23.2 Å². The van der Waals surface area contributed by atoms with Gasteiger partial charge in [0.15, 0.2) is 5.11 Å². The van der Waals surface area contributed by atoms with Crippen LogP contribution in [0.25, 0.3) is 11.3 Å². The quantitative estimate of drug-likeness (QED) is 0.566. The monoisotopic (exact) mass is 410 g/mol. The molecule has 0 saturated carbocycles. The second kappa shape index (κ2) is 7.70. The van der Waals surface area contributed by atoms with Gasteiger partial charge in [0.2, 0.25) is 0 Å². The lowest BCUT2D eigenvalue weighted by Gasteiger charge is -2.28. The molecule has 5 nitrogen and oxygen atoms in total. The van der Waals surface area contributed by atoms with Gasteiger partial charge in [-0.15, -0.1) is 0 Å². The second-order valence-corrected chi connectivity index (χ2v) is 6.87. The van der Waals surface area contributed by atoms with Crippen molar-refractivity contribution in [3.8, 4) is 11.3 Å². The van der Waals surface area contributed by atoms with Gasteiger partial charge in [-0.2, -0.15) is 0 Å². The highest BCUT2D eigenvalue weighted by molar-refractivity contribution is 7.80. The average Bonchev–Trinajstić information content (AvgIpc) is 3.06. The lowest BCUT2D eigenvalue weighted by molar-refractivity contribution is -0.139. The topological polar surface area (TPSA) is 63.5 Å². The minimum atomic E-state index is -0.561. The normalized spacial score (nSPS) is 16.9. The Morgan fingerprint density at radius 1 is 1.31 bits per heavy atom. The zero-order valence-corrected chi connectivity index (χ0v) is 16.4. The van der Waals surface area contributed by atoms with Gasteiger partial charge in [-0.3, -0.25) is 0 Å². The molecule has 8 heteroatoms. The summed E-state index contributed by atoms with van der Waals surface area (Å²) in [6.45, 7) is 3.79. The van der Waals surface area contributed by atoms with Gasteiger partial charge >= 0.3 is 5.97 Å². The van der Waals surface area contributed by atoms with Crippen LogP contribution in [0.3, 0.4) is 0 Å². The fraction of sp³-hybridized carbons (Fsp3) is 0.222. The number of hydrogen-bond acceptors (Lipinski definition) is 4. The Hall–Kier alpha value is -2.02. The summed E-state index contributed by atoms with van der Waals surface area (Å²) in [5.41, 5.74) is 1.70. The number of carbonyl (C=O) groups is 1. The highest BCUT2D eigenvalue weighted by atomic mass is 35.5. The predicted molar refractivity (Wildman–Crippen MR) is 105 cm³/mol. The zero-order valence-electron chi connectivity index (χ0n) is 14.1. The molecule has 2 aromatic rings. The van der Waals surface area contributed by atoms with Crippen LogP contribution >= 0.6 is 35.4 Å². The van der Waals surface area contributed by atoms with Crippen molar-refractivity contribution in [2.75, 3.05) is 6.61 Å². The number of allylic oxidation sites excluding steroid dienone is 1. The maximum absolute atomic E-state index is 12.4. The summed E-state index contributed by atoms with van der Waals surface area (Å²) in [4.78, 5) is 12.4. The molecule has 0 amide bonds. The van der Waals surface area contributed by atoms with Gasteiger partial charge in [0, 0.05) is 16.3 Å². The van der Waals surface area contributed by atoms with Crippen LogP contribution in [-0.4, -0.2) is 17.7 Å². The minimum absolute atomic E-state index is 0.272. The number of ether oxygens (including phenoxy) is 1. The molecule has 2 N–H and O–H groups in total. The number of nitrogens with one attached hydrogen (secondary N) is 2. The van der Waals surface area contributed by atoms with E-state index in [0.29, 0.717) is 43.5 Å². The molecule has 0 saturated heterocycles. The molecule has 2 heterocycles. The van der Waals surface area contributed by atoms with E-state index in [4.69, 9.17) is 44.6 Å². The number of rotatable bonds is 4. The van der Waals surface area contributed by atoms with Crippen LogP contribution in [-0.2, 0) is 9.53 Å². The first kappa shape index (κ1) is 18.8. The lowest BCUT2D eigenvalue weighted by atomic mass is 10.0. The molecule has 1 aliphatic heterocycles.